The number of nitrogens with zero attached hydrogens (tertiary/aromatic N) is 2. The molecule has 1 heterocycles. The van der Waals surface area contributed by atoms with Crippen LogP contribution in [-0.4, -0.2) is 28.4 Å². The Morgan fingerprint density at radius 2 is 1.92 bits per heavy atom. The summed E-state index contributed by atoms with van der Waals surface area (Å²) >= 11 is 7.00. The fourth-order valence-electron chi connectivity index (χ4n) is 2.19. The molecule has 0 bridgehead atoms. The number of halogens is 1. The number of hydrogen-bond donors (Lipinski definition) is 2. The van der Waals surface area contributed by atoms with Gasteiger partial charge in [0.2, 0.25) is 11.8 Å². The maximum Gasteiger partial charge on any atom is 0.240 e. The highest BCUT2D eigenvalue weighted by molar-refractivity contribution is 8.15. The molecule has 2 aromatic carbocycles. The summed E-state index contributed by atoms with van der Waals surface area (Å²) in [5, 5.41) is 13.8. The molecule has 0 spiro atoms. The number of rotatable bonds is 5. The normalized spacial score (nSPS) is 18.3. The molecular weight excluding hydrogens is 372 g/mol. The third-order valence-corrected chi connectivity index (χ3v) is 4.75. The van der Waals surface area contributed by atoms with E-state index in [9.17, 15) is 9.59 Å². The summed E-state index contributed by atoms with van der Waals surface area (Å²) in [4.78, 5) is 24.1. The van der Waals surface area contributed by atoms with Crippen molar-refractivity contribution in [1.29, 1.82) is 0 Å². The van der Waals surface area contributed by atoms with Crippen LogP contribution < -0.4 is 10.6 Å². The van der Waals surface area contributed by atoms with Crippen molar-refractivity contribution in [2.24, 2.45) is 10.2 Å². The molecule has 3 rings (SSSR count). The number of thioether (sulfide) groups is 1. The summed E-state index contributed by atoms with van der Waals surface area (Å²) in [5.74, 6) is -0.510. The van der Waals surface area contributed by atoms with E-state index in [0.717, 1.165) is 5.56 Å². The smallest absolute Gasteiger partial charge is 0.240 e. The minimum Gasteiger partial charge on any atom is -0.326 e. The number of hydrogen-bond acceptors (Lipinski definition) is 5. The van der Waals surface area contributed by atoms with Crippen LogP contribution in [0, 0.1) is 0 Å². The molecule has 0 saturated carbocycles. The van der Waals surface area contributed by atoms with Gasteiger partial charge in [-0.1, -0.05) is 53.7 Å². The molecule has 6 nitrogen and oxygen atoms in total. The highest BCUT2D eigenvalue weighted by Gasteiger charge is 2.32. The molecule has 1 aliphatic rings. The zero-order chi connectivity index (χ0) is 18.4. The molecule has 2 N–H and O–H groups in total. The third kappa shape index (κ3) is 5.18. The Morgan fingerprint density at radius 3 is 2.65 bits per heavy atom. The van der Waals surface area contributed by atoms with Gasteiger partial charge in [-0.2, -0.15) is 5.10 Å². The Hall–Kier alpha value is -2.64. The largest absolute Gasteiger partial charge is 0.326 e. The standard InChI is InChI=1S/C18H15ClN4O2S/c19-13-6-8-14(9-7-13)21-16(24)10-15-17(25)22-18(26-15)23-20-11-12-4-2-1-3-5-12/h1-9,11,15H,10H2,(H,21,24)(H,22,23,25). The minimum atomic E-state index is -0.534. The van der Waals surface area contributed by atoms with Crippen molar-refractivity contribution < 1.29 is 9.59 Å². The van der Waals surface area contributed by atoms with Gasteiger partial charge in [-0.25, -0.2) is 0 Å². The van der Waals surface area contributed by atoms with Crippen LogP contribution in [-0.2, 0) is 9.59 Å². The molecule has 0 aromatic heterocycles. The van der Waals surface area contributed by atoms with Crippen LogP contribution >= 0.6 is 23.4 Å². The Balaban J connectivity index is 1.54. The maximum absolute atomic E-state index is 12.1. The molecule has 1 unspecified atom stereocenters. The molecule has 0 aliphatic carbocycles. The fraction of sp³-hybridized carbons (Fsp3) is 0.111. The molecule has 2 aromatic rings. The second-order valence-corrected chi connectivity index (χ2v) is 7.04. The van der Waals surface area contributed by atoms with Crippen LogP contribution in [0.25, 0.3) is 0 Å². The van der Waals surface area contributed by atoms with Gasteiger partial charge >= 0.3 is 0 Å². The number of carbonyl (C=O) groups is 2. The Bertz CT molecular complexity index is 853. The van der Waals surface area contributed by atoms with Gasteiger partial charge in [-0.3, -0.25) is 9.59 Å². The van der Waals surface area contributed by atoms with Crippen LogP contribution in [0.4, 0.5) is 5.69 Å². The van der Waals surface area contributed by atoms with Crippen molar-refractivity contribution in [2.45, 2.75) is 11.7 Å². The number of anilines is 1. The van der Waals surface area contributed by atoms with Gasteiger partial charge in [0.1, 0.15) is 5.25 Å². The molecular formula is C18H15ClN4O2S. The molecule has 1 aliphatic heterocycles. The first-order chi connectivity index (χ1) is 12.6. The van der Waals surface area contributed by atoms with Crippen LogP contribution in [0.15, 0.2) is 64.8 Å². The van der Waals surface area contributed by atoms with Gasteiger partial charge in [0.15, 0.2) is 5.17 Å². The van der Waals surface area contributed by atoms with E-state index >= 15 is 0 Å². The van der Waals surface area contributed by atoms with E-state index in [1.165, 1.54) is 11.8 Å². The van der Waals surface area contributed by atoms with Gasteiger partial charge in [0.05, 0.1) is 6.21 Å². The lowest BCUT2D eigenvalue weighted by Gasteiger charge is -2.07. The van der Waals surface area contributed by atoms with E-state index in [4.69, 9.17) is 11.6 Å². The third-order valence-electron chi connectivity index (χ3n) is 3.43. The summed E-state index contributed by atoms with van der Waals surface area (Å²) < 4.78 is 0. The van der Waals surface area contributed by atoms with E-state index in [1.807, 2.05) is 30.3 Å². The van der Waals surface area contributed by atoms with Crippen molar-refractivity contribution in [2.75, 3.05) is 5.32 Å². The zero-order valence-corrected chi connectivity index (χ0v) is 15.1. The summed E-state index contributed by atoms with van der Waals surface area (Å²) in [7, 11) is 0. The average Bonchev–Trinajstić information content (AvgIpc) is 2.97. The topological polar surface area (TPSA) is 82.9 Å². The first-order valence-corrected chi connectivity index (χ1v) is 9.05. The summed E-state index contributed by atoms with van der Waals surface area (Å²) in [6, 6.07) is 16.3. The Labute approximate surface area is 159 Å². The van der Waals surface area contributed by atoms with Gasteiger partial charge in [-0.15, -0.1) is 5.10 Å². The van der Waals surface area contributed by atoms with E-state index in [1.54, 1.807) is 30.5 Å². The van der Waals surface area contributed by atoms with E-state index in [0.29, 0.717) is 15.9 Å². The van der Waals surface area contributed by atoms with Crippen LogP contribution in [0.3, 0.4) is 0 Å². The zero-order valence-electron chi connectivity index (χ0n) is 13.6. The highest BCUT2D eigenvalue weighted by Crippen LogP contribution is 2.23. The number of amidine groups is 1. The van der Waals surface area contributed by atoms with Crippen molar-refractivity contribution in [1.82, 2.24) is 5.32 Å². The molecule has 0 radical (unpaired) electrons. The maximum atomic E-state index is 12.1. The molecule has 1 saturated heterocycles. The summed E-state index contributed by atoms with van der Waals surface area (Å²) in [6.45, 7) is 0. The first kappa shape index (κ1) is 18.2. The fourth-order valence-corrected chi connectivity index (χ4v) is 3.24. The lowest BCUT2D eigenvalue weighted by atomic mass is 10.2. The Morgan fingerprint density at radius 1 is 1.19 bits per heavy atom. The predicted molar refractivity (Wildman–Crippen MR) is 106 cm³/mol. The minimum absolute atomic E-state index is 0.0422. The van der Waals surface area contributed by atoms with Gasteiger partial charge in [0, 0.05) is 17.1 Å². The summed E-state index contributed by atoms with van der Waals surface area (Å²) in [6.07, 6.45) is 1.64. The van der Waals surface area contributed by atoms with Crippen LogP contribution in [0.2, 0.25) is 5.02 Å². The van der Waals surface area contributed by atoms with Gasteiger partial charge < -0.3 is 10.6 Å². The lowest BCUT2D eigenvalue weighted by molar-refractivity contribution is -0.122. The molecule has 8 heteroatoms. The Kier molecular flexibility index (Phi) is 6.04. The average molecular weight is 387 g/mol. The second-order valence-electron chi connectivity index (χ2n) is 5.42. The number of amides is 2. The van der Waals surface area contributed by atoms with E-state index < -0.39 is 5.25 Å². The monoisotopic (exact) mass is 386 g/mol. The van der Waals surface area contributed by atoms with E-state index in [-0.39, 0.29) is 18.2 Å². The number of nitrogens with one attached hydrogen (secondary N) is 2. The van der Waals surface area contributed by atoms with Crippen molar-refractivity contribution in [3.05, 3.63) is 65.2 Å². The van der Waals surface area contributed by atoms with Crippen molar-refractivity contribution >= 4 is 52.2 Å². The van der Waals surface area contributed by atoms with Gasteiger partial charge in [-0.05, 0) is 29.8 Å². The molecule has 26 heavy (non-hydrogen) atoms. The lowest BCUT2D eigenvalue weighted by Crippen LogP contribution is -2.28. The van der Waals surface area contributed by atoms with Crippen LogP contribution in [0.5, 0.6) is 0 Å². The van der Waals surface area contributed by atoms with Crippen LogP contribution in [0.1, 0.15) is 12.0 Å². The molecule has 1 fully saturated rings. The first-order valence-electron chi connectivity index (χ1n) is 7.79. The molecule has 1 atom stereocenters. The van der Waals surface area contributed by atoms with E-state index in [2.05, 4.69) is 20.8 Å². The highest BCUT2D eigenvalue weighted by atomic mass is 35.5. The second kappa shape index (κ2) is 8.64. The quantitative estimate of drug-likeness (QED) is 0.611. The number of benzene rings is 2. The molecule has 132 valence electrons. The van der Waals surface area contributed by atoms with Gasteiger partial charge in [0.25, 0.3) is 0 Å². The van der Waals surface area contributed by atoms with Crippen molar-refractivity contribution in [3.8, 4) is 0 Å². The predicted octanol–water partition coefficient (Wildman–Crippen LogP) is 3.29. The number of carbonyl (C=O) groups excluding carboxylic acids is 2. The SMILES string of the molecule is O=C(CC1S/C(=N/N=Cc2ccccc2)NC1=O)Nc1ccc(Cl)cc1. The van der Waals surface area contributed by atoms with Crippen molar-refractivity contribution in [3.63, 3.8) is 0 Å². The summed E-state index contributed by atoms with van der Waals surface area (Å²) in [5.41, 5.74) is 1.54. The molecule has 2 amide bonds.